The molecule has 34 heavy (non-hydrogen) atoms. The molecule has 1 fully saturated rings. The van der Waals surface area contributed by atoms with Crippen LogP contribution in [0.3, 0.4) is 0 Å². The van der Waals surface area contributed by atoms with Crippen molar-refractivity contribution in [1.29, 1.82) is 0 Å². The van der Waals surface area contributed by atoms with Crippen molar-refractivity contribution in [1.82, 2.24) is 24.5 Å². The first kappa shape index (κ1) is 21.7. The van der Waals surface area contributed by atoms with Crippen molar-refractivity contribution in [2.45, 2.75) is 31.7 Å². The van der Waals surface area contributed by atoms with E-state index in [1.54, 1.807) is 25.6 Å². The van der Waals surface area contributed by atoms with Gasteiger partial charge in [-0.1, -0.05) is 6.07 Å². The minimum Gasteiger partial charge on any atom is -0.497 e. The molecule has 0 aliphatic heterocycles. The summed E-state index contributed by atoms with van der Waals surface area (Å²) in [5.74, 6) is 0.693. The third-order valence-electron chi connectivity index (χ3n) is 6.23. The molecule has 1 saturated carbocycles. The number of aromatic nitrogens is 5. The molecule has 3 aromatic heterocycles. The van der Waals surface area contributed by atoms with E-state index in [1.807, 2.05) is 22.8 Å². The number of hydrogen-bond donors (Lipinski definition) is 2. The van der Waals surface area contributed by atoms with Gasteiger partial charge in [-0.3, -0.25) is 4.79 Å². The van der Waals surface area contributed by atoms with E-state index in [0.717, 1.165) is 31.4 Å². The van der Waals surface area contributed by atoms with E-state index in [9.17, 15) is 9.18 Å². The number of carbonyl (C=O) groups is 1. The number of halogens is 1. The van der Waals surface area contributed by atoms with Crippen LogP contribution in [0.2, 0.25) is 0 Å². The number of fused-ring (bicyclic) bond motifs is 1. The van der Waals surface area contributed by atoms with Crippen LogP contribution in [0, 0.1) is 11.9 Å². The summed E-state index contributed by atoms with van der Waals surface area (Å²) >= 11 is 0. The molecule has 3 N–H and O–H groups in total. The van der Waals surface area contributed by atoms with E-state index >= 15 is 0 Å². The lowest BCUT2D eigenvalue weighted by Gasteiger charge is -2.28. The predicted octanol–water partition coefficient (Wildman–Crippen LogP) is 3.99. The molecule has 3 heterocycles. The maximum atomic E-state index is 13.2. The summed E-state index contributed by atoms with van der Waals surface area (Å²) in [5.41, 5.74) is 8.58. The molecular weight excluding hydrogens is 437 g/mol. The Morgan fingerprint density at radius 2 is 1.97 bits per heavy atom. The number of methoxy groups -OCH3 is 1. The Morgan fingerprint density at radius 3 is 2.71 bits per heavy atom. The Morgan fingerprint density at radius 1 is 1.15 bits per heavy atom. The molecule has 1 aliphatic carbocycles. The second-order valence-corrected chi connectivity index (χ2v) is 8.35. The number of rotatable bonds is 5. The van der Waals surface area contributed by atoms with Crippen molar-refractivity contribution in [3.05, 3.63) is 54.9 Å². The third kappa shape index (κ3) is 4.26. The van der Waals surface area contributed by atoms with Gasteiger partial charge in [-0.25, -0.2) is 19.9 Å². The lowest BCUT2D eigenvalue weighted by molar-refractivity contribution is -0.120. The minimum atomic E-state index is -0.574. The van der Waals surface area contributed by atoms with E-state index in [-0.39, 0.29) is 23.7 Å². The van der Waals surface area contributed by atoms with Crippen LogP contribution in [0.25, 0.3) is 22.6 Å². The Kier molecular flexibility index (Phi) is 5.79. The van der Waals surface area contributed by atoms with Gasteiger partial charge in [0, 0.05) is 35.5 Å². The normalized spacial score (nSPS) is 18.1. The highest BCUT2D eigenvalue weighted by Gasteiger charge is 2.28. The summed E-state index contributed by atoms with van der Waals surface area (Å²) in [7, 11) is 1.60. The number of nitrogens with two attached hydrogens (primary N) is 1. The third-order valence-corrected chi connectivity index (χ3v) is 6.23. The fourth-order valence-corrected chi connectivity index (χ4v) is 4.40. The van der Waals surface area contributed by atoms with Crippen molar-refractivity contribution in [2.24, 2.45) is 5.92 Å². The van der Waals surface area contributed by atoms with Crippen molar-refractivity contribution in [3.8, 4) is 17.1 Å². The molecule has 174 valence electrons. The van der Waals surface area contributed by atoms with Crippen molar-refractivity contribution < 1.29 is 13.9 Å². The Labute approximate surface area is 195 Å². The summed E-state index contributed by atoms with van der Waals surface area (Å²) in [4.78, 5) is 29.9. The zero-order valence-electron chi connectivity index (χ0n) is 18.6. The number of anilines is 2. The van der Waals surface area contributed by atoms with Gasteiger partial charge in [0.05, 0.1) is 13.4 Å². The average molecular weight is 462 g/mol. The lowest BCUT2D eigenvalue weighted by Crippen LogP contribution is -2.28. The SMILES string of the molecule is COc1cccc(NC(=O)C2CCC(n3cnc4c(N)nc(-c5ccc(F)nc5)nc43)CC2)c1. The van der Waals surface area contributed by atoms with Gasteiger partial charge in [-0.05, 0) is 49.9 Å². The van der Waals surface area contributed by atoms with Crippen LogP contribution in [-0.2, 0) is 4.79 Å². The van der Waals surface area contributed by atoms with Gasteiger partial charge in [-0.15, -0.1) is 0 Å². The molecule has 0 saturated heterocycles. The van der Waals surface area contributed by atoms with E-state index in [4.69, 9.17) is 10.5 Å². The number of imidazole rings is 1. The topological polar surface area (TPSA) is 121 Å². The molecule has 4 aromatic rings. The first-order valence-corrected chi connectivity index (χ1v) is 11.1. The minimum absolute atomic E-state index is 0.0138. The number of benzene rings is 1. The number of nitrogens with one attached hydrogen (secondary N) is 1. The first-order chi connectivity index (χ1) is 16.5. The highest BCUT2D eigenvalue weighted by atomic mass is 19.1. The molecule has 1 aromatic carbocycles. The second-order valence-electron chi connectivity index (χ2n) is 8.35. The number of pyridine rings is 1. The van der Waals surface area contributed by atoms with E-state index < -0.39 is 5.95 Å². The van der Waals surface area contributed by atoms with Crippen LogP contribution in [0.1, 0.15) is 31.7 Å². The highest BCUT2D eigenvalue weighted by molar-refractivity contribution is 5.92. The van der Waals surface area contributed by atoms with Crippen molar-refractivity contribution in [2.75, 3.05) is 18.2 Å². The molecule has 0 unspecified atom stereocenters. The summed E-state index contributed by atoms with van der Waals surface area (Å²) in [5, 5.41) is 2.99. The molecule has 9 nitrogen and oxygen atoms in total. The van der Waals surface area contributed by atoms with Crippen LogP contribution in [-0.4, -0.2) is 37.5 Å². The smallest absolute Gasteiger partial charge is 0.227 e. The maximum absolute atomic E-state index is 13.2. The van der Waals surface area contributed by atoms with E-state index in [0.29, 0.717) is 28.3 Å². The summed E-state index contributed by atoms with van der Waals surface area (Å²) in [6.45, 7) is 0. The van der Waals surface area contributed by atoms with E-state index in [2.05, 4.69) is 25.3 Å². The Bertz CT molecular complexity index is 1330. The molecular formula is C24H24FN7O2. The van der Waals surface area contributed by atoms with Gasteiger partial charge < -0.3 is 20.4 Å². The lowest BCUT2D eigenvalue weighted by atomic mass is 9.85. The first-order valence-electron chi connectivity index (χ1n) is 11.1. The molecule has 1 amide bonds. The predicted molar refractivity (Wildman–Crippen MR) is 126 cm³/mol. The van der Waals surface area contributed by atoms with Gasteiger partial charge >= 0.3 is 0 Å². The fourth-order valence-electron chi connectivity index (χ4n) is 4.40. The Balaban J connectivity index is 1.31. The zero-order chi connectivity index (χ0) is 23.7. The summed E-state index contributed by atoms with van der Waals surface area (Å²) in [6, 6.07) is 10.3. The number of ether oxygens (including phenoxy) is 1. The molecule has 10 heteroatoms. The van der Waals surface area contributed by atoms with Crippen molar-refractivity contribution >= 4 is 28.6 Å². The summed E-state index contributed by atoms with van der Waals surface area (Å²) in [6.07, 6.45) is 6.20. The monoisotopic (exact) mass is 461 g/mol. The largest absolute Gasteiger partial charge is 0.497 e. The number of carbonyl (C=O) groups excluding carboxylic acids is 1. The summed E-state index contributed by atoms with van der Waals surface area (Å²) < 4.78 is 20.4. The highest BCUT2D eigenvalue weighted by Crippen LogP contribution is 2.35. The second kappa shape index (κ2) is 9.05. The fraction of sp³-hybridized carbons (Fsp3) is 0.292. The van der Waals surface area contributed by atoms with Gasteiger partial charge in [-0.2, -0.15) is 4.39 Å². The van der Waals surface area contributed by atoms with Gasteiger partial charge in [0.1, 0.15) is 11.3 Å². The Hall–Kier alpha value is -4.08. The average Bonchev–Trinajstić information content (AvgIpc) is 3.29. The van der Waals surface area contributed by atoms with Gasteiger partial charge in [0.25, 0.3) is 0 Å². The molecule has 0 bridgehead atoms. The quantitative estimate of drug-likeness (QED) is 0.431. The van der Waals surface area contributed by atoms with Crippen LogP contribution in [0.5, 0.6) is 5.75 Å². The van der Waals surface area contributed by atoms with Crippen molar-refractivity contribution in [3.63, 3.8) is 0 Å². The maximum Gasteiger partial charge on any atom is 0.227 e. The van der Waals surface area contributed by atoms with Crippen LogP contribution >= 0.6 is 0 Å². The van der Waals surface area contributed by atoms with Crippen LogP contribution < -0.4 is 15.8 Å². The number of nitrogen functional groups attached to an aromatic ring is 1. The number of amides is 1. The number of hydrogen-bond acceptors (Lipinski definition) is 7. The molecule has 0 atom stereocenters. The molecule has 1 aliphatic rings. The standard InChI is InChI=1S/C24H24FN7O2/c1-34-18-4-2-3-16(11-18)29-24(33)14-5-8-17(9-6-14)32-13-28-20-21(26)30-22(31-23(20)32)15-7-10-19(25)27-12-15/h2-4,7,10-14,17H,5-6,8-9H2,1H3,(H,29,33)(H2,26,30,31). The van der Waals surface area contributed by atoms with Gasteiger partial charge in [0.15, 0.2) is 17.3 Å². The molecule has 0 spiro atoms. The van der Waals surface area contributed by atoms with Crippen LogP contribution in [0.15, 0.2) is 48.9 Å². The van der Waals surface area contributed by atoms with Gasteiger partial charge in [0.2, 0.25) is 11.9 Å². The molecule has 0 radical (unpaired) electrons. The zero-order valence-corrected chi connectivity index (χ0v) is 18.6. The van der Waals surface area contributed by atoms with E-state index in [1.165, 1.54) is 12.3 Å². The number of nitrogens with zero attached hydrogens (tertiary/aromatic N) is 5. The van der Waals surface area contributed by atoms with Crippen LogP contribution in [0.4, 0.5) is 15.9 Å². The molecule has 5 rings (SSSR count).